The molecule has 2 aromatic heterocycles. The van der Waals surface area contributed by atoms with E-state index >= 15 is 0 Å². The van der Waals surface area contributed by atoms with Crippen molar-refractivity contribution >= 4 is 29.4 Å². The Labute approximate surface area is 237 Å². The molecule has 2 aliphatic rings. The van der Waals surface area contributed by atoms with E-state index in [4.69, 9.17) is 16.3 Å². The molecule has 0 bridgehead atoms. The molecule has 40 heavy (non-hydrogen) atoms. The van der Waals surface area contributed by atoms with Gasteiger partial charge in [-0.1, -0.05) is 41.6 Å². The molecule has 10 heteroatoms. The SMILES string of the molecule is CC(C)(C)OC(=O)N1CCC2(CC1)CC(n1ncc(Cl)c1C(=O)Nc1ncc(C#Cc3ccccc3)cc1F)C2. The Hall–Kier alpha value is -3.90. The predicted molar refractivity (Wildman–Crippen MR) is 150 cm³/mol. The normalized spacial score (nSPS) is 16.6. The van der Waals surface area contributed by atoms with Gasteiger partial charge in [0.2, 0.25) is 0 Å². The van der Waals surface area contributed by atoms with Crippen LogP contribution in [0.2, 0.25) is 5.02 Å². The van der Waals surface area contributed by atoms with E-state index in [0.717, 1.165) is 31.2 Å². The lowest BCUT2D eigenvalue weighted by Crippen LogP contribution is -2.50. The summed E-state index contributed by atoms with van der Waals surface area (Å²) in [6, 6.07) is 10.6. The Morgan fingerprint density at radius 3 is 2.42 bits per heavy atom. The first-order valence-electron chi connectivity index (χ1n) is 13.3. The molecule has 8 nitrogen and oxygen atoms in total. The smallest absolute Gasteiger partial charge is 0.410 e. The summed E-state index contributed by atoms with van der Waals surface area (Å²) in [6.07, 6.45) is 5.89. The lowest BCUT2D eigenvalue weighted by molar-refractivity contribution is -0.0262. The van der Waals surface area contributed by atoms with Gasteiger partial charge in [0.15, 0.2) is 11.6 Å². The number of rotatable bonds is 3. The number of carbonyl (C=O) groups is 2. The number of hydrogen-bond acceptors (Lipinski definition) is 5. The molecule has 0 atom stereocenters. The molecule has 2 amide bonds. The highest BCUT2D eigenvalue weighted by molar-refractivity contribution is 6.34. The third-order valence-electron chi connectivity index (χ3n) is 7.32. The quantitative estimate of drug-likeness (QED) is 0.390. The number of piperidine rings is 1. The summed E-state index contributed by atoms with van der Waals surface area (Å²) in [5, 5.41) is 7.07. The van der Waals surface area contributed by atoms with Gasteiger partial charge in [-0.05, 0) is 70.1 Å². The van der Waals surface area contributed by atoms with Crippen LogP contribution < -0.4 is 5.32 Å². The summed E-state index contributed by atoms with van der Waals surface area (Å²) in [6.45, 7) is 6.84. The van der Waals surface area contributed by atoms with Crippen molar-refractivity contribution in [3.05, 3.63) is 76.5 Å². The second kappa shape index (κ2) is 10.9. The number of amides is 2. The van der Waals surface area contributed by atoms with E-state index in [9.17, 15) is 14.0 Å². The van der Waals surface area contributed by atoms with Crippen molar-refractivity contribution in [2.45, 2.75) is 58.1 Å². The predicted octanol–water partition coefficient (Wildman–Crippen LogP) is 6.07. The lowest BCUT2D eigenvalue weighted by atomic mass is 9.60. The van der Waals surface area contributed by atoms with Gasteiger partial charge < -0.3 is 15.0 Å². The molecule has 1 aliphatic heterocycles. The number of aromatic nitrogens is 3. The Kier molecular flexibility index (Phi) is 7.56. The standard InChI is InChI=1S/C30H31ClFN5O3/c1-29(2,3)40-28(39)36-13-11-30(12-14-36)16-22(17-30)37-25(23(31)19-34-37)27(38)35-26-24(32)15-21(18-33-26)10-9-20-7-5-4-6-8-20/h4-8,15,18-19,22H,11-14,16-17H2,1-3H3,(H,33,35,38). The van der Waals surface area contributed by atoms with Crippen LogP contribution in [-0.4, -0.2) is 50.4 Å². The lowest BCUT2D eigenvalue weighted by Gasteiger charge is -2.52. The number of likely N-dealkylation sites (tertiary alicyclic amines) is 1. The Balaban J connectivity index is 1.21. The number of halogens is 2. The van der Waals surface area contributed by atoms with Crippen LogP contribution in [-0.2, 0) is 4.74 Å². The number of hydrogen-bond donors (Lipinski definition) is 1. The van der Waals surface area contributed by atoms with Gasteiger partial charge in [0.1, 0.15) is 11.3 Å². The molecule has 1 N–H and O–H groups in total. The van der Waals surface area contributed by atoms with E-state index in [1.54, 1.807) is 9.58 Å². The van der Waals surface area contributed by atoms with E-state index in [1.807, 2.05) is 51.1 Å². The number of nitrogens with zero attached hydrogens (tertiary/aromatic N) is 4. The van der Waals surface area contributed by atoms with Crippen molar-refractivity contribution in [2.75, 3.05) is 18.4 Å². The molecule has 1 spiro atoms. The van der Waals surface area contributed by atoms with Gasteiger partial charge in [-0.15, -0.1) is 0 Å². The monoisotopic (exact) mass is 563 g/mol. The maximum absolute atomic E-state index is 14.8. The van der Waals surface area contributed by atoms with Gasteiger partial charge in [0.05, 0.1) is 17.3 Å². The van der Waals surface area contributed by atoms with Crippen LogP contribution in [0.1, 0.15) is 74.1 Å². The fourth-order valence-corrected chi connectivity index (χ4v) is 5.49. The van der Waals surface area contributed by atoms with E-state index in [1.165, 1.54) is 18.5 Å². The fourth-order valence-electron chi connectivity index (χ4n) is 5.27. The number of carbonyl (C=O) groups excluding carboxylic acids is 2. The summed E-state index contributed by atoms with van der Waals surface area (Å²) in [4.78, 5) is 31.4. The summed E-state index contributed by atoms with van der Waals surface area (Å²) >= 11 is 6.34. The molecule has 1 aliphatic carbocycles. The van der Waals surface area contributed by atoms with Crippen molar-refractivity contribution in [2.24, 2.45) is 5.41 Å². The Morgan fingerprint density at radius 1 is 1.10 bits per heavy atom. The van der Waals surface area contributed by atoms with Crippen LogP contribution >= 0.6 is 11.6 Å². The van der Waals surface area contributed by atoms with Gasteiger partial charge in [-0.3, -0.25) is 9.48 Å². The maximum Gasteiger partial charge on any atom is 0.410 e. The molecular formula is C30H31ClFN5O3. The molecular weight excluding hydrogens is 533 g/mol. The van der Waals surface area contributed by atoms with E-state index in [2.05, 4.69) is 27.2 Å². The van der Waals surface area contributed by atoms with Gasteiger partial charge in [0, 0.05) is 30.4 Å². The third kappa shape index (κ3) is 6.13. The highest BCUT2D eigenvalue weighted by Gasteiger charge is 2.48. The zero-order valence-electron chi connectivity index (χ0n) is 22.7. The summed E-state index contributed by atoms with van der Waals surface area (Å²) < 4.78 is 21.9. The number of ether oxygens (including phenoxy) is 1. The van der Waals surface area contributed by atoms with Gasteiger partial charge >= 0.3 is 6.09 Å². The Morgan fingerprint density at radius 2 is 1.77 bits per heavy atom. The first-order valence-corrected chi connectivity index (χ1v) is 13.6. The van der Waals surface area contributed by atoms with Crippen molar-refractivity contribution in [1.82, 2.24) is 19.7 Å². The first kappa shape index (κ1) is 27.7. The number of anilines is 1. The van der Waals surface area contributed by atoms with E-state index in [0.29, 0.717) is 18.7 Å². The minimum atomic E-state index is -0.699. The van der Waals surface area contributed by atoms with Crippen LogP contribution in [0.4, 0.5) is 15.0 Å². The summed E-state index contributed by atoms with van der Waals surface area (Å²) in [7, 11) is 0. The molecule has 1 aromatic carbocycles. The minimum absolute atomic E-state index is 0.0187. The van der Waals surface area contributed by atoms with Gasteiger partial charge in [-0.2, -0.15) is 5.10 Å². The second-order valence-electron chi connectivity index (χ2n) is 11.4. The number of pyridine rings is 1. The van der Waals surface area contributed by atoms with Crippen molar-refractivity contribution < 1.29 is 18.7 Å². The van der Waals surface area contributed by atoms with Crippen LogP contribution in [0.25, 0.3) is 0 Å². The molecule has 3 aromatic rings. The van der Waals surface area contributed by atoms with Gasteiger partial charge in [-0.25, -0.2) is 14.2 Å². The first-order chi connectivity index (χ1) is 19.0. The topological polar surface area (TPSA) is 89.4 Å². The fraction of sp³-hybridized carbons (Fsp3) is 0.400. The van der Waals surface area contributed by atoms with E-state index < -0.39 is 17.3 Å². The van der Waals surface area contributed by atoms with Crippen LogP contribution in [0.15, 0.2) is 48.8 Å². The molecule has 3 heterocycles. The van der Waals surface area contributed by atoms with Crippen LogP contribution in [0.5, 0.6) is 0 Å². The average Bonchev–Trinajstić information content (AvgIpc) is 3.28. The second-order valence-corrected chi connectivity index (χ2v) is 11.8. The zero-order valence-corrected chi connectivity index (χ0v) is 23.5. The van der Waals surface area contributed by atoms with E-state index in [-0.39, 0.29) is 34.1 Å². The van der Waals surface area contributed by atoms with Crippen LogP contribution in [0, 0.1) is 23.1 Å². The Bertz CT molecular complexity index is 1470. The van der Waals surface area contributed by atoms with Crippen molar-refractivity contribution in [3.63, 3.8) is 0 Å². The summed E-state index contributed by atoms with van der Waals surface area (Å²) in [5.41, 5.74) is 0.914. The largest absolute Gasteiger partial charge is 0.444 e. The average molecular weight is 564 g/mol. The van der Waals surface area contributed by atoms with Crippen LogP contribution in [0.3, 0.4) is 0 Å². The van der Waals surface area contributed by atoms with Gasteiger partial charge in [0.25, 0.3) is 5.91 Å². The number of nitrogens with one attached hydrogen (secondary N) is 1. The molecule has 208 valence electrons. The highest BCUT2D eigenvalue weighted by Crippen LogP contribution is 2.55. The highest BCUT2D eigenvalue weighted by atomic mass is 35.5. The minimum Gasteiger partial charge on any atom is -0.444 e. The molecule has 2 fully saturated rings. The maximum atomic E-state index is 14.8. The van der Waals surface area contributed by atoms with Crippen molar-refractivity contribution in [1.29, 1.82) is 0 Å². The molecule has 0 unspecified atom stereocenters. The summed E-state index contributed by atoms with van der Waals surface area (Å²) in [5.74, 6) is 4.34. The number of benzene rings is 1. The third-order valence-corrected chi connectivity index (χ3v) is 7.60. The molecule has 5 rings (SSSR count). The molecule has 1 saturated heterocycles. The molecule has 1 saturated carbocycles. The zero-order chi connectivity index (χ0) is 28.5. The van der Waals surface area contributed by atoms with Crippen molar-refractivity contribution in [3.8, 4) is 11.8 Å². The molecule has 0 radical (unpaired) electrons.